The maximum Gasteiger partial charge on any atom is 0.0357 e. The van der Waals surface area contributed by atoms with Gasteiger partial charge in [-0.1, -0.05) is 33.6 Å². The number of nitrogens with two attached hydrogens (primary N) is 1. The molecule has 3 nitrogen and oxygen atoms in total. The van der Waals surface area contributed by atoms with Crippen molar-refractivity contribution in [3.8, 4) is 0 Å². The minimum absolute atomic E-state index is 0.249. The number of hydrogen-bond donors (Lipinski definition) is 1. The Morgan fingerprint density at radius 3 is 2.37 bits per heavy atom. The second-order valence-electron chi connectivity index (χ2n) is 7.10. The Hall–Kier alpha value is -0.120. The molecule has 0 aromatic heterocycles. The average Bonchev–Trinajstić information content (AvgIpc) is 2.35. The molecule has 0 aliphatic heterocycles. The van der Waals surface area contributed by atoms with Gasteiger partial charge in [0, 0.05) is 31.7 Å². The molecule has 1 aliphatic rings. The molecule has 0 bridgehead atoms. The summed E-state index contributed by atoms with van der Waals surface area (Å²) in [6.45, 7) is 11.3. The zero-order chi connectivity index (χ0) is 14.5. The molecule has 3 heteroatoms. The average molecular weight is 269 g/mol. The number of nitrogens with zero attached hydrogens (tertiary/aromatic N) is 2. The van der Waals surface area contributed by atoms with Crippen molar-refractivity contribution in [2.75, 3.05) is 40.3 Å². The predicted octanol–water partition coefficient (Wildman–Crippen LogP) is 2.41. The van der Waals surface area contributed by atoms with Crippen molar-refractivity contribution in [1.82, 2.24) is 9.80 Å². The molecule has 1 rings (SSSR count). The van der Waals surface area contributed by atoms with Crippen LogP contribution in [0.2, 0.25) is 0 Å². The van der Waals surface area contributed by atoms with Crippen LogP contribution in [0.25, 0.3) is 0 Å². The van der Waals surface area contributed by atoms with Gasteiger partial charge in [0.15, 0.2) is 0 Å². The summed E-state index contributed by atoms with van der Waals surface area (Å²) in [7, 11) is 4.32. The standard InChI is InChI=1S/C16H35N3/c1-14(2)12-19(11-10-18(4)5)16(13-17)9-7-6-8-15(16)3/h14-15H,6-13,17H2,1-5H3. The van der Waals surface area contributed by atoms with Gasteiger partial charge in [-0.05, 0) is 38.8 Å². The third kappa shape index (κ3) is 4.44. The molecule has 114 valence electrons. The van der Waals surface area contributed by atoms with E-state index in [0.717, 1.165) is 25.6 Å². The molecule has 1 saturated carbocycles. The van der Waals surface area contributed by atoms with E-state index in [0.29, 0.717) is 5.92 Å². The predicted molar refractivity (Wildman–Crippen MR) is 84.4 cm³/mol. The molecule has 2 atom stereocenters. The quantitative estimate of drug-likeness (QED) is 0.770. The molecule has 0 aromatic carbocycles. The van der Waals surface area contributed by atoms with E-state index in [-0.39, 0.29) is 5.54 Å². The number of rotatable bonds is 7. The van der Waals surface area contributed by atoms with Crippen molar-refractivity contribution in [3.05, 3.63) is 0 Å². The number of likely N-dealkylation sites (N-methyl/N-ethyl adjacent to an activating group) is 1. The van der Waals surface area contributed by atoms with Crippen LogP contribution in [0.15, 0.2) is 0 Å². The van der Waals surface area contributed by atoms with Crippen LogP contribution in [0.4, 0.5) is 0 Å². The first-order chi connectivity index (χ1) is 8.92. The summed E-state index contributed by atoms with van der Waals surface area (Å²) in [5, 5.41) is 0. The first-order valence-corrected chi connectivity index (χ1v) is 8.02. The molecule has 0 radical (unpaired) electrons. The minimum atomic E-state index is 0.249. The number of hydrogen-bond acceptors (Lipinski definition) is 3. The summed E-state index contributed by atoms with van der Waals surface area (Å²) in [4.78, 5) is 4.99. The van der Waals surface area contributed by atoms with Gasteiger partial charge in [-0.25, -0.2) is 0 Å². The maximum absolute atomic E-state index is 6.26. The van der Waals surface area contributed by atoms with Crippen molar-refractivity contribution in [2.24, 2.45) is 17.6 Å². The van der Waals surface area contributed by atoms with Crippen molar-refractivity contribution >= 4 is 0 Å². The van der Waals surface area contributed by atoms with E-state index in [1.807, 2.05) is 0 Å². The third-order valence-electron chi connectivity index (χ3n) is 4.80. The monoisotopic (exact) mass is 269 g/mol. The lowest BCUT2D eigenvalue weighted by atomic mass is 9.72. The van der Waals surface area contributed by atoms with Gasteiger partial charge in [0.2, 0.25) is 0 Å². The maximum atomic E-state index is 6.26. The zero-order valence-corrected chi connectivity index (χ0v) is 13.8. The second-order valence-corrected chi connectivity index (χ2v) is 7.10. The highest BCUT2D eigenvalue weighted by atomic mass is 15.2. The van der Waals surface area contributed by atoms with Crippen LogP contribution in [-0.2, 0) is 0 Å². The van der Waals surface area contributed by atoms with Crippen molar-refractivity contribution in [2.45, 2.75) is 52.0 Å². The molecule has 0 aromatic rings. The minimum Gasteiger partial charge on any atom is -0.329 e. The molecule has 1 fully saturated rings. The summed E-state index contributed by atoms with van der Waals surface area (Å²) in [5.74, 6) is 1.44. The van der Waals surface area contributed by atoms with E-state index < -0.39 is 0 Å². The van der Waals surface area contributed by atoms with Crippen molar-refractivity contribution in [3.63, 3.8) is 0 Å². The smallest absolute Gasteiger partial charge is 0.0357 e. The molecular formula is C16H35N3. The largest absolute Gasteiger partial charge is 0.329 e. The van der Waals surface area contributed by atoms with Crippen molar-refractivity contribution in [1.29, 1.82) is 0 Å². The van der Waals surface area contributed by atoms with E-state index in [1.165, 1.54) is 32.2 Å². The topological polar surface area (TPSA) is 32.5 Å². The van der Waals surface area contributed by atoms with Crippen LogP contribution in [-0.4, -0.2) is 55.6 Å². The van der Waals surface area contributed by atoms with Crippen LogP contribution in [0.3, 0.4) is 0 Å². The first kappa shape index (κ1) is 16.9. The molecule has 0 heterocycles. The Morgan fingerprint density at radius 2 is 1.89 bits per heavy atom. The van der Waals surface area contributed by atoms with Gasteiger partial charge >= 0.3 is 0 Å². The molecule has 1 aliphatic carbocycles. The van der Waals surface area contributed by atoms with Crippen LogP contribution in [0, 0.1) is 11.8 Å². The van der Waals surface area contributed by atoms with E-state index in [1.54, 1.807) is 0 Å². The zero-order valence-electron chi connectivity index (χ0n) is 13.8. The Balaban J connectivity index is 2.83. The first-order valence-electron chi connectivity index (χ1n) is 8.02. The Labute approximate surface area is 120 Å². The van der Waals surface area contributed by atoms with Gasteiger partial charge in [0.1, 0.15) is 0 Å². The lowest BCUT2D eigenvalue weighted by molar-refractivity contribution is 0.00158. The van der Waals surface area contributed by atoms with E-state index in [2.05, 4.69) is 44.7 Å². The lowest BCUT2D eigenvalue weighted by Gasteiger charge is -2.51. The Bertz CT molecular complexity index is 252. The third-order valence-corrected chi connectivity index (χ3v) is 4.80. The lowest BCUT2D eigenvalue weighted by Crippen LogP contribution is -2.61. The summed E-state index contributed by atoms with van der Waals surface area (Å²) in [6.07, 6.45) is 5.35. The highest BCUT2D eigenvalue weighted by molar-refractivity contribution is 4.98. The van der Waals surface area contributed by atoms with E-state index in [9.17, 15) is 0 Å². The molecule has 0 spiro atoms. The van der Waals surface area contributed by atoms with Gasteiger partial charge in [0.05, 0.1) is 0 Å². The van der Waals surface area contributed by atoms with Gasteiger partial charge in [-0.15, -0.1) is 0 Å². The summed E-state index contributed by atoms with van der Waals surface area (Å²) in [5.41, 5.74) is 6.50. The normalized spacial score (nSPS) is 28.6. The van der Waals surface area contributed by atoms with Crippen LogP contribution in [0.1, 0.15) is 46.5 Å². The van der Waals surface area contributed by atoms with Crippen LogP contribution in [0.5, 0.6) is 0 Å². The van der Waals surface area contributed by atoms with E-state index >= 15 is 0 Å². The second kappa shape index (κ2) is 7.61. The molecule has 19 heavy (non-hydrogen) atoms. The van der Waals surface area contributed by atoms with Gasteiger partial charge in [0.25, 0.3) is 0 Å². The fourth-order valence-electron chi connectivity index (χ4n) is 3.56. The SMILES string of the molecule is CC(C)CN(CCN(C)C)C1(CN)CCCCC1C. The van der Waals surface area contributed by atoms with Gasteiger partial charge in [-0.3, -0.25) is 4.90 Å². The summed E-state index contributed by atoms with van der Waals surface area (Å²) < 4.78 is 0. The molecule has 0 saturated heterocycles. The Kier molecular flexibility index (Phi) is 6.78. The molecular weight excluding hydrogens is 234 g/mol. The summed E-state index contributed by atoms with van der Waals surface area (Å²) in [6, 6.07) is 0. The highest BCUT2D eigenvalue weighted by Crippen LogP contribution is 2.38. The van der Waals surface area contributed by atoms with Gasteiger partial charge < -0.3 is 10.6 Å². The molecule has 0 amide bonds. The van der Waals surface area contributed by atoms with Crippen molar-refractivity contribution < 1.29 is 0 Å². The fourth-order valence-corrected chi connectivity index (χ4v) is 3.56. The van der Waals surface area contributed by atoms with Crippen LogP contribution < -0.4 is 5.73 Å². The molecule has 2 unspecified atom stereocenters. The highest BCUT2D eigenvalue weighted by Gasteiger charge is 2.41. The fraction of sp³-hybridized carbons (Fsp3) is 1.00. The van der Waals surface area contributed by atoms with Crippen LogP contribution >= 0.6 is 0 Å². The summed E-state index contributed by atoms with van der Waals surface area (Å²) >= 11 is 0. The van der Waals surface area contributed by atoms with Gasteiger partial charge in [-0.2, -0.15) is 0 Å². The molecule has 2 N–H and O–H groups in total. The Morgan fingerprint density at radius 1 is 1.21 bits per heavy atom. The van der Waals surface area contributed by atoms with E-state index in [4.69, 9.17) is 5.73 Å².